The Balaban J connectivity index is 1.83. The molecule has 2 heterocycles. The van der Waals surface area contributed by atoms with Crippen LogP contribution >= 0.6 is 11.3 Å². The Morgan fingerprint density at radius 3 is 3.11 bits per heavy atom. The van der Waals surface area contributed by atoms with Crippen LogP contribution in [0.25, 0.3) is 11.0 Å². The van der Waals surface area contributed by atoms with E-state index in [4.69, 9.17) is 0 Å². The quantitative estimate of drug-likeness (QED) is 0.563. The molecule has 96 valence electrons. The third-order valence-corrected chi connectivity index (χ3v) is 3.37. The summed E-state index contributed by atoms with van der Waals surface area (Å²) in [4.78, 5) is 22.6. The van der Waals surface area contributed by atoms with Crippen LogP contribution in [0, 0.1) is 10.1 Å². The Hall–Kier alpha value is -2.48. The van der Waals surface area contributed by atoms with Gasteiger partial charge in [-0.25, -0.2) is 4.98 Å². The predicted molar refractivity (Wildman–Crippen MR) is 72.2 cm³/mol. The van der Waals surface area contributed by atoms with Crippen molar-refractivity contribution in [2.24, 2.45) is 0 Å². The molecule has 0 saturated carbocycles. The number of imidazole rings is 1. The third-order valence-electron chi connectivity index (χ3n) is 2.59. The zero-order valence-corrected chi connectivity index (χ0v) is 10.5. The SMILES string of the molecule is O=[N+]([O-])c1ccc2nc(NCc3cncs3)[nH]c2c1. The highest BCUT2D eigenvalue weighted by molar-refractivity contribution is 7.09. The van der Waals surface area contributed by atoms with Gasteiger partial charge < -0.3 is 10.3 Å². The number of H-pyrrole nitrogens is 1. The summed E-state index contributed by atoms with van der Waals surface area (Å²) in [5.41, 5.74) is 3.14. The fraction of sp³-hybridized carbons (Fsp3) is 0.0909. The Morgan fingerprint density at radius 1 is 1.47 bits per heavy atom. The number of thiazole rings is 1. The minimum atomic E-state index is -0.426. The van der Waals surface area contributed by atoms with Crippen LogP contribution in [0.15, 0.2) is 29.9 Å². The number of benzene rings is 1. The number of fused-ring (bicyclic) bond motifs is 1. The van der Waals surface area contributed by atoms with Crippen molar-refractivity contribution in [3.8, 4) is 0 Å². The zero-order chi connectivity index (χ0) is 13.2. The number of nitro benzene ring substituents is 1. The maximum atomic E-state index is 10.7. The van der Waals surface area contributed by atoms with Gasteiger partial charge in [-0.2, -0.15) is 0 Å². The van der Waals surface area contributed by atoms with E-state index in [0.29, 0.717) is 23.5 Å². The molecule has 0 unspecified atom stereocenters. The molecule has 19 heavy (non-hydrogen) atoms. The van der Waals surface area contributed by atoms with Gasteiger partial charge in [0, 0.05) is 23.2 Å². The van der Waals surface area contributed by atoms with Gasteiger partial charge in [-0.15, -0.1) is 11.3 Å². The number of hydrogen-bond acceptors (Lipinski definition) is 6. The Morgan fingerprint density at radius 2 is 2.37 bits per heavy atom. The molecule has 3 aromatic rings. The number of nitrogens with zero attached hydrogens (tertiary/aromatic N) is 3. The van der Waals surface area contributed by atoms with Crippen LogP contribution in [0.4, 0.5) is 11.6 Å². The lowest BCUT2D eigenvalue weighted by molar-refractivity contribution is -0.384. The first kappa shape index (κ1) is 11.6. The van der Waals surface area contributed by atoms with E-state index >= 15 is 0 Å². The van der Waals surface area contributed by atoms with Gasteiger partial charge >= 0.3 is 0 Å². The molecule has 0 saturated heterocycles. The van der Waals surface area contributed by atoms with Crippen molar-refractivity contribution in [1.29, 1.82) is 0 Å². The van der Waals surface area contributed by atoms with E-state index in [9.17, 15) is 10.1 Å². The van der Waals surface area contributed by atoms with Crippen molar-refractivity contribution >= 4 is 34.0 Å². The molecule has 0 amide bonds. The monoisotopic (exact) mass is 275 g/mol. The Kier molecular flexibility index (Phi) is 2.84. The van der Waals surface area contributed by atoms with E-state index in [1.54, 1.807) is 29.1 Å². The van der Waals surface area contributed by atoms with Gasteiger partial charge in [0.15, 0.2) is 0 Å². The molecule has 0 aliphatic carbocycles. The van der Waals surface area contributed by atoms with E-state index in [1.165, 1.54) is 12.1 Å². The fourth-order valence-corrected chi connectivity index (χ4v) is 2.23. The molecule has 2 N–H and O–H groups in total. The van der Waals surface area contributed by atoms with Gasteiger partial charge in [-0.1, -0.05) is 0 Å². The number of nitro groups is 1. The Bertz CT molecular complexity index is 722. The lowest BCUT2D eigenvalue weighted by Crippen LogP contribution is -1.98. The van der Waals surface area contributed by atoms with Crippen molar-refractivity contribution in [2.75, 3.05) is 5.32 Å². The normalized spacial score (nSPS) is 10.7. The van der Waals surface area contributed by atoms with Gasteiger partial charge in [0.25, 0.3) is 5.69 Å². The summed E-state index contributed by atoms with van der Waals surface area (Å²) in [6, 6.07) is 4.54. The van der Waals surface area contributed by atoms with E-state index in [2.05, 4.69) is 20.3 Å². The molecule has 0 spiro atoms. The van der Waals surface area contributed by atoms with E-state index in [1.807, 2.05) is 0 Å². The van der Waals surface area contributed by atoms with E-state index in [-0.39, 0.29) is 5.69 Å². The average molecular weight is 275 g/mol. The van der Waals surface area contributed by atoms with Crippen molar-refractivity contribution in [3.63, 3.8) is 0 Å². The molecule has 8 heteroatoms. The van der Waals surface area contributed by atoms with E-state index in [0.717, 1.165) is 4.88 Å². The highest BCUT2D eigenvalue weighted by atomic mass is 32.1. The molecule has 0 radical (unpaired) electrons. The summed E-state index contributed by atoms with van der Waals surface area (Å²) >= 11 is 1.55. The summed E-state index contributed by atoms with van der Waals surface area (Å²) in [6.07, 6.45) is 1.78. The molecule has 0 fully saturated rings. The molecule has 1 aromatic carbocycles. The van der Waals surface area contributed by atoms with Gasteiger partial charge in [-0.05, 0) is 6.07 Å². The van der Waals surface area contributed by atoms with Gasteiger partial charge in [0.05, 0.1) is 28.0 Å². The van der Waals surface area contributed by atoms with Crippen LogP contribution in [0.3, 0.4) is 0 Å². The molecular weight excluding hydrogens is 266 g/mol. The molecule has 7 nitrogen and oxygen atoms in total. The highest BCUT2D eigenvalue weighted by Crippen LogP contribution is 2.20. The molecule has 0 bridgehead atoms. The average Bonchev–Trinajstić information content (AvgIpc) is 3.04. The second-order valence-electron chi connectivity index (χ2n) is 3.87. The number of aromatic nitrogens is 3. The molecule has 2 aromatic heterocycles. The summed E-state index contributed by atoms with van der Waals surface area (Å²) in [6.45, 7) is 0.618. The maximum Gasteiger partial charge on any atom is 0.271 e. The number of rotatable bonds is 4. The van der Waals surface area contributed by atoms with Gasteiger partial charge in [0.1, 0.15) is 0 Å². The highest BCUT2D eigenvalue weighted by Gasteiger charge is 2.09. The topological polar surface area (TPSA) is 96.7 Å². The summed E-state index contributed by atoms with van der Waals surface area (Å²) < 4.78 is 0. The minimum absolute atomic E-state index is 0.0464. The van der Waals surface area contributed by atoms with Gasteiger partial charge in [0.2, 0.25) is 5.95 Å². The molecule has 0 aliphatic rings. The van der Waals surface area contributed by atoms with Gasteiger partial charge in [-0.3, -0.25) is 15.1 Å². The van der Waals surface area contributed by atoms with Crippen LogP contribution < -0.4 is 5.32 Å². The van der Waals surface area contributed by atoms with Crippen molar-refractivity contribution in [1.82, 2.24) is 15.0 Å². The summed E-state index contributed by atoms with van der Waals surface area (Å²) in [5.74, 6) is 0.587. The number of non-ortho nitro benzene ring substituents is 1. The van der Waals surface area contributed by atoms with Crippen LogP contribution in [-0.4, -0.2) is 19.9 Å². The van der Waals surface area contributed by atoms with E-state index < -0.39 is 4.92 Å². The van der Waals surface area contributed by atoms with Crippen LogP contribution in [0.5, 0.6) is 0 Å². The lowest BCUT2D eigenvalue weighted by atomic mass is 10.3. The predicted octanol–water partition coefficient (Wildman–Crippen LogP) is 2.54. The number of nitrogens with one attached hydrogen (secondary N) is 2. The first-order valence-corrected chi connectivity index (χ1v) is 6.36. The van der Waals surface area contributed by atoms with Crippen LogP contribution in [0.2, 0.25) is 0 Å². The third kappa shape index (κ3) is 2.38. The van der Waals surface area contributed by atoms with Crippen LogP contribution in [-0.2, 0) is 6.54 Å². The Labute approximate surface area is 111 Å². The molecule has 0 atom stereocenters. The first-order valence-electron chi connectivity index (χ1n) is 5.48. The second kappa shape index (κ2) is 4.65. The second-order valence-corrected chi connectivity index (χ2v) is 4.84. The molecule has 0 aliphatic heterocycles. The largest absolute Gasteiger partial charge is 0.351 e. The zero-order valence-electron chi connectivity index (χ0n) is 9.66. The fourth-order valence-electron chi connectivity index (χ4n) is 1.70. The summed E-state index contributed by atoms with van der Waals surface area (Å²) in [5, 5.41) is 13.8. The molecule has 3 rings (SSSR count). The number of hydrogen-bond donors (Lipinski definition) is 2. The molecular formula is C11H9N5O2S. The maximum absolute atomic E-state index is 10.7. The summed E-state index contributed by atoms with van der Waals surface area (Å²) in [7, 11) is 0. The first-order chi connectivity index (χ1) is 9.22. The van der Waals surface area contributed by atoms with Crippen molar-refractivity contribution in [2.45, 2.75) is 6.54 Å². The van der Waals surface area contributed by atoms with Crippen molar-refractivity contribution < 1.29 is 4.92 Å². The van der Waals surface area contributed by atoms with Crippen LogP contribution in [0.1, 0.15) is 4.88 Å². The number of aromatic amines is 1. The lowest BCUT2D eigenvalue weighted by Gasteiger charge is -1.97. The standard InChI is InChI=1S/C11H9N5O2S/c17-16(18)7-1-2-9-10(3-7)15-11(14-9)13-5-8-4-12-6-19-8/h1-4,6H,5H2,(H2,13,14,15). The minimum Gasteiger partial charge on any atom is -0.351 e. The van der Waals surface area contributed by atoms with Crippen molar-refractivity contribution in [3.05, 3.63) is 44.9 Å². The number of anilines is 1. The smallest absolute Gasteiger partial charge is 0.271 e.